The fraction of sp³-hybridized carbons (Fsp3) is 0.500. The van der Waals surface area contributed by atoms with Gasteiger partial charge in [0.1, 0.15) is 5.60 Å². The van der Waals surface area contributed by atoms with Gasteiger partial charge in [-0.1, -0.05) is 37.3 Å². The summed E-state index contributed by atoms with van der Waals surface area (Å²) in [6, 6.07) is 9.65. The van der Waals surface area contributed by atoms with Crippen LogP contribution in [0.3, 0.4) is 0 Å². The predicted octanol–water partition coefficient (Wildman–Crippen LogP) is 3.23. The third-order valence-corrected chi connectivity index (χ3v) is 3.10. The summed E-state index contributed by atoms with van der Waals surface area (Å²) in [4.78, 5) is 16.7. The van der Waals surface area contributed by atoms with E-state index in [4.69, 9.17) is 4.74 Å². The van der Waals surface area contributed by atoms with Crippen LogP contribution in [0.15, 0.2) is 35.3 Å². The van der Waals surface area contributed by atoms with Crippen molar-refractivity contribution in [3.63, 3.8) is 0 Å². The lowest BCUT2D eigenvalue weighted by Gasteiger charge is -2.22. The van der Waals surface area contributed by atoms with Gasteiger partial charge in [-0.2, -0.15) is 0 Å². The fourth-order valence-corrected chi connectivity index (χ4v) is 2.23. The lowest BCUT2D eigenvalue weighted by molar-refractivity contribution is -0.157. The average Bonchev–Trinajstić information content (AvgIpc) is 2.70. The molecule has 0 fully saturated rings. The van der Waals surface area contributed by atoms with Gasteiger partial charge in [-0.25, -0.2) is 4.79 Å². The van der Waals surface area contributed by atoms with Gasteiger partial charge in [-0.05, 0) is 38.7 Å². The smallest absolute Gasteiger partial charge is 0.331 e. The summed E-state index contributed by atoms with van der Waals surface area (Å²) < 4.78 is 5.43. The number of aliphatic imine (C=N–C) groups is 1. The summed E-state index contributed by atoms with van der Waals surface area (Å²) in [5.41, 5.74) is 1.64. The zero-order valence-corrected chi connectivity index (χ0v) is 12.0. The van der Waals surface area contributed by atoms with E-state index in [2.05, 4.69) is 4.99 Å². The van der Waals surface area contributed by atoms with Crippen LogP contribution in [0.5, 0.6) is 0 Å². The van der Waals surface area contributed by atoms with Gasteiger partial charge in [-0.15, -0.1) is 0 Å². The van der Waals surface area contributed by atoms with Gasteiger partial charge < -0.3 is 4.74 Å². The molecule has 0 saturated carbocycles. The Bertz CT molecular complexity index is 485. The minimum Gasteiger partial charge on any atom is -0.458 e. The van der Waals surface area contributed by atoms with Crippen molar-refractivity contribution >= 4 is 11.7 Å². The number of nitrogens with zero attached hydrogens (tertiary/aromatic N) is 1. The van der Waals surface area contributed by atoms with Crippen molar-refractivity contribution in [3.8, 4) is 0 Å². The molecule has 2 atom stereocenters. The van der Waals surface area contributed by atoms with Crippen molar-refractivity contribution in [3.05, 3.63) is 35.9 Å². The van der Waals surface area contributed by atoms with Crippen LogP contribution >= 0.6 is 0 Å². The molecule has 0 spiro atoms. The highest BCUT2D eigenvalue weighted by Gasteiger charge is 2.34. The Kier molecular flexibility index (Phi) is 3.74. The first-order valence-electron chi connectivity index (χ1n) is 6.72. The van der Waals surface area contributed by atoms with Crippen LogP contribution in [-0.2, 0) is 9.53 Å². The van der Waals surface area contributed by atoms with Crippen LogP contribution in [0, 0.1) is 5.92 Å². The summed E-state index contributed by atoms with van der Waals surface area (Å²) in [7, 11) is 0. The average molecular weight is 259 g/mol. The minimum atomic E-state index is -0.457. The highest BCUT2D eigenvalue weighted by atomic mass is 16.6. The molecule has 1 aromatic carbocycles. The Labute approximate surface area is 114 Å². The van der Waals surface area contributed by atoms with Crippen LogP contribution in [0.1, 0.15) is 39.7 Å². The molecule has 1 aliphatic heterocycles. The maximum atomic E-state index is 12.1. The van der Waals surface area contributed by atoms with Gasteiger partial charge >= 0.3 is 5.97 Å². The molecule has 0 unspecified atom stereocenters. The van der Waals surface area contributed by atoms with E-state index in [1.165, 1.54) is 0 Å². The third kappa shape index (κ3) is 3.43. The summed E-state index contributed by atoms with van der Waals surface area (Å²) in [5.74, 6) is -0.0176. The maximum Gasteiger partial charge on any atom is 0.331 e. The molecule has 102 valence electrons. The summed E-state index contributed by atoms with van der Waals surface area (Å²) >= 11 is 0. The molecule has 0 N–H and O–H groups in total. The van der Waals surface area contributed by atoms with Crippen LogP contribution in [-0.4, -0.2) is 23.3 Å². The van der Waals surface area contributed by atoms with E-state index in [1.807, 2.05) is 58.0 Å². The minimum absolute atomic E-state index is 0.199. The van der Waals surface area contributed by atoms with Crippen molar-refractivity contribution in [2.45, 2.75) is 45.8 Å². The molecule has 0 radical (unpaired) electrons. The monoisotopic (exact) mass is 259 g/mol. The van der Waals surface area contributed by atoms with Crippen LogP contribution in [0.2, 0.25) is 0 Å². The number of carbonyl (C=O) groups is 1. The molecule has 3 nitrogen and oxygen atoms in total. The molecule has 19 heavy (non-hydrogen) atoms. The molecule has 0 aliphatic carbocycles. The van der Waals surface area contributed by atoms with Gasteiger partial charge in [0.15, 0.2) is 6.04 Å². The van der Waals surface area contributed by atoms with Crippen molar-refractivity contribution in [1.29, 1.82) is 0 Å². The molecule has 1 aromatic rings. The van der Waals surface area contributed by atoms with Gasteiger partial charge in [0.05, 0.1) is 0 Å². The van der Waals surface area contributed by atoms with E-state index in [0.717, 1.165) is 17.7 Å². The van der Waals surface area contributed by atoms with Gasteiger partial charge in [-0.3, -0.25) is 4.99 Å². The third-order valence-electron chi connectivity index (χ3n) is 3.10. The van der Waals surface area contributed by atoms with Crippen LogP contribution in [0.4, 0.5) is 0 Å². The lowest BCUT2D eigenvalue weighted by Crippen LogP contribution is -2.32. The first kappa shape index (κ1) is 13.8. The molecule has 0 amide bonds. The van der Waals surface area contributed by atoms with Gasteiger partial charge in [0.25, 0.3) is 0 Å². The second kappa shape index (κ2) is 5.16. The normalized spacial score (nSPS) is 23.1. The number of hydrogen-bond acceptors (Lipinski definition) is 3. The first-order chi connectivity index (χ1) is 8.87. The molecule has 1 aliphatic rings. The second-order valence-corrected chi connectivity index (χ2v) is 6.10. The number of benzene rings is 1. The number of hydrogen-bond donors (Lipinski definition) is 0. The van der Waals surface area contributed by atoms with E-state index in [1.54, 1.807) is 0 Å². The van der Waals surface area contributed by atoms with Gasteiger partial charge in [0.2, 0.25) is 0 Å². The molecular weight excluding hydrogens is 238 g/mol. The van der Waals surface area contributed by atoms with E-state index < -0.39 is 5.60 Å². The van der Waals surface area contributed by atoms with Crippen molar-refractivity contribution < 1.29 is 9.53 Å². The quantitative estimate of drug-likeness (QED) is 0.765. The highest BCUT2D eigenvalue weighted by molar-refractivity contribution is 6.04. The molecule has 0 saturated heterocycles. The van der Waals surface area contributed by atoms with Crippen LogP contribution in [0.25, 0.3) is 0 Å². The Morgan fingerprint density at radius 2 is 1.89 bits per heavy atom. The van der Waals surface area contributed by atoms with Crippen molar-refractivity contribution in [1.82, 2.24) is 0 Å². The zero-order chi connectivity index (χ0) is 14.0. The Balaban J connectivity index is 2.15. The van der Waals surface area contributed by atoms with Crippen LogP contribution < -0.4 is 0 Å². The second-order valence-electron chi connectivity index (χ2n) is 6.10. The maximum absolute atomic E-state index is 12.1. The first-order valence-corrected chi connectivity index (χ1v) is 6.72. The number of esters is 1. The van der Waals surface area contributed by atoms with E-state index >= 15 is 0 Å². The number of carbonyl (C=O) groups excluding carboxylic acids is 1. The van der Waals surface area contributed by atoms with Gasteiger partial charge in [0, 0.05) is 5.71 Å². The van der Waals surface area contributed by atoms with E-state index in [0.29, 0.717) is 0 Å². The van der Waals surface area contributed by atoms with Crippen molar-refractivity contribution in [2.24, 2.45) is 10.9 Å². The standard InChI is InChI=1S/C16H21NO2/c1-11-10-13(12-8-6-5-7-9-12)17-14(11)15(18)19-16(2,3)4/h5-9,11,14H,10H2,1-4H3/t11-,14+/m1/s1. The molecule has 3 heteroatoms. The molecule has 2 rings (SSSR count). The fourth-order valence-electron chi connectivity index (χ4n) is 2.23. The Hall–Kier alpha value is -1.64. The summed E-state index contributed by atoms with van der Waals surface area (Å²) in [6.45, 7) is 7.69. The lowest BCUT2D eigenvalue weighted by atomic mass is 9.98. The predicted molar refractivity (Wildman–Crippen MR) is 76.4 cm³/mol. The Morgan fingerprint density at radius 1 is 1.26 bits per heavy atom. The van der Waals surface area contributed by atoms with E-state index in [9.17, 15) is 4.79 Å². The summed E-state index contributed by atoms with van der Waals surface area (Å²) in [6.07, 6.45) is 0.827. The topological polar surface area (TPSA) is 38.7 Å². The highest BCUT2D eigenvalue weighted by Crippen LogP contribution is 2.26. The zero-order valence-electron chi connectivity index (χ0n) is 12.0. The molecular formula is C16H21NO2. The Morgan fingerprint density at radius 3 is 2.47 bits per heavy atom. The molecule has 0 aromatic heterocycles. The van der Waals surface area contributed by atoms with E-state index in [-0.39, 0.29) is 17.9 Å². The largest absolute Gasteiger partial charge is 0.458 e. The SMILES string of the molecule is C[C@@H]1CC(c2ccccc2)=N[C@@H]1C(=O)OC(C)(C)C. The van der Waals surface area contributed by atoms with Crippen molar-refractivity contribution in [2.75, 3.05) is 0 Å². The number of rotatable bonds is 2. The molecule has 1 heterocycles. The summed E-state index contributed by atoms with van der Waals surface area (Å²) in [5, 5.41) is 0. The number of ether oxygens (including phenoxy) is 1. The molecule has 0 bridgehead atoms.